The van der Waals surface area contributed by atoms with E-state index in [9.17, 15) is 14.7 Å². The number of anilines is 1. The molecule has 1 unspecified atom stereocenters. The number of rotatable bonds is 7. The number of ketones is 1. The van der Waals surface area contributed by atoms with E-state index in [-0.39, 0.29) is 17.3 Å². The van der Waals surface area contributed by atoms with Gasteiger partial charge in [0.25, 0.3) is 11.7 Å². The largest absolute Gasteiger partial charge is 0.507 e. The summed E-state index contributed by atoms with van der Waals surface area (Å²) < 4.78 is 11.2. The predicted octanol–water partition coefficient (Wildman–Crippen LogP) is 6.15. The number of hydrogen-bond donors (Lipinski definition) is 1. The zero-order chi connectivity index (χ0) is 26.0. The lowest BCUT2D eigenvalue weighted by molar-refractivity contribution is -0.132. The van der Waals surface area contributed by atoms with Gasteiger partial charge >= 0.3 is 0 Å². The summed E-state index contributed by atoms with van der Waals surface area (Å²) in [4.78, 5) is 28.4. The summed E-state index contributed by atoms with van der Waals surface area (Å²) in [6, 6.07) is 19.2. The molecule has 0 saturated carbocycles. The van der Waals surface area contributed by atoms with Crippen LogP contribution in [0.1, 0.15) is 55.0 Å². The molecular weight excluding hydrogens is 454 g/mol. The van der Waals surface area contributed by atoms with Crippen LogP contribution in [0.25, 0.3) is 5.76 Å². The lowest BCUT2D eigenvalue weighted by Crippen LogP contribution is -2.30. The number of methoxy groups -OCH3 is 1. The Bertz CT molecular complexity index is 1340. The molecule has 1 heterocycles. The number of Topliss-reactive ketones (excluding diaryl/α,β-unsaturated/α-hetero) is 1. The fraction of sp³-hybridized carbons (Fsp3) is 0.267. The number of aliphatic hydroxyl groups is 1. The van der Waals surface area contributed by atoms with Crippen molar-refractivity contribution in [2.75, 3.05) is 18.6 Å². The van der Waals surface area contributed by atoms with Crippen molar-refractivity contribution in [3.63, 3.8) is 0 Å². The molecule has 3 aromatic rings. The number of benzene rings is 3. The highest BCUT2D eigenvalue weighted by Crippen LogP contribution is 2.44. The average molecular weight is 486 g/mol. The first kappa shape index (κ1) is 25.0. The van der Waals surface area contributed by atoms with Crippen LogP contribution in [-0.4, -0.2) is 30.5 Å². The van der Waals surface area contributed by atoms with Gasteiger partial charge in [-0.1, -0.05) is 44.2 Å². The van der Waals surface area contributed by atoms with E-state index in [4.69, 9.17) is 9.47 Å². The minimum Gasteiger partial charge on any atom is -0.507 e. The normalized spacial score (nSPS) is 17.1. The Morgan fingerprint density at radius 3 is 2.44 bits per heavy atom. The maximum absolute atomic E-state index is 13.5. The maximum atomic E-state index is 13.5. The first-order valence-corrected chi connectivity index (χ1v) is 12.1. The van der Waals surface area contributed by atoms with Crippen LogP contribution in [0.3, 0.4) is 0 Å². The van der Waals surface area contributed by atoms with E-state index in [0.717, 1.165) is 11.1 Å². The van der Waals surface area contributed by atoms with Crippen molar-refractivity contribution in [2.45, 2.75) is 39.7 Å². The first-order valence-electron chi connectivity index (χ1n) is 12.1. The molecule has 1 aliphatic heterocycles. The summed E-state index contributed by atoms with van der Waals surface area (Å²) in [5, 5.41) is 11.5. The van der Waals surface area contributed by atoms with E-state index < -0.39 is 17.7 Å². The molecule has 0 spiro atoms. The van der Waals surface area contributed by atoms with Gasteiger partial charge in [0.2, 0.25) is 0 Å². The van der Waals surface area contributed by atoms with Crippen molar-refractivity contribution in [1.82, 2.24) is 0 Å². The molecule has 1 fully saturated rings. The van der Waals surface area contributed by atoms with Crippen molar-refractivity contribution < 1.29 is 24.2 Å². The highest BCUT2D eigenvalue weighted by atomic mass is 16.5. The van der Waals surface area contributed by atoms with Gasteiger partial charge in [0.05, 0.1) is 25.3 Å². The summed E-state index contributed by atoms with van der Waals surface area (Å²) >= 11 is 0. The summed E-state index contributed by atoms with van der Waals surface area (Å²) in [6.07, 6.45) is 0. The number of hydrogen-bond acceptors (Lipinski definition) is 5. The van der Waals surface area contributed by atoms with Crippen LogP contribution < -0.4 is 14.4 Å². The molecule has 186 valence electrons. The molecule has 36 heavy (non-hydrogen) atoms. The van der Waals surface area contributed by atoms with Crippen LogP contribution in [0.5, 0.6) is 11.5 Å². The smallest absolute Gasteiger partial charge is 0.300 e. The highest BCUT2D eigenvalue weighted by molar-refractivity contribution is 6.51. The lowest BCUT2D eigenvalue weighted by atomic mass is 9.93. The summed E-state index contributed by atoms with van der Waals surface area (Å²) in [5.41, 5.74) is 3.51. The second kappa shape index (κ2) is 10.3. The molecule has 1 N–H and O–H groups in total. The second-order valence-corrected chi connectivity index (χ2v) is 9.07. The quantitative estimate of drug-likeness (QED) is 0.247. The van der Waals surface area contributed by atoms with Gasteiger partial charge in [-0.15, -0.1) is 0 Å². The molecule has 0 aromatic heterocycles. The SMILES string of the molecule is CCOc1cccc(C2/C(=C(\O)c3ccc(OC)c(C(C)C)c3)C(=O)C(=O)N2c2ccccc2C)c1. The van der Waals surface area contributed by atoms with Crippen LogP contribution in [0.4, 0.5) is 5.69 Å². The Hall–Kier alpha value is -4.06. The topological polar surface area (TPSA) is 76.1 Å². The number of para-hydroxylation sites is 1. The Kier molecular flexibility index (Phi) is 7.15. The third kappa shape index (κ3) is 4.47. The third-order valence-corrected chi connectivity index (χ3v) is 6.43. The summed E-state index contributed by atoms with van der Waals surface area (Å²) in [7, 11) is 1.60. The molecule has 1 amide bonds. The molecule has 1 aliphatic rings. The van der Waals surface area contributed by atoms with Crippen LogP contribution in [-0.2, 0) is 9.59 Å². The first-order chi connectivity index (χ1) is 17.3. The summed E-state index contributed by atoms with van der Waals surface area (Å²) in [5.74, 6) is -0.193. The summed E-state index contributed by atoms with van der Waals surface area (Å²) in [6.45, 7) is 8.31. The number of aliphatic hydroxyl groups excluding tert-OH is 1. The van der Waals surface area contributed by atoms with E-state index in [1.165, 1.54) is 4.90 Å². The Labute approximate surface area is 211 Å². The predicted molar refractivity (Wildman–Crippen MR) is 141 cm³/mol. The number of carbonyl (C=O) groups excluding carboxylic acids is 2. The number of ether oxygens (including phenoxy) is 2. The minimum absolute atomic E-state index is 0.0387. The standard InChI is InChI=1S/C30H31NO5/c1-6-36-22-12-9-11-20(16-22)27-26(28(32)21-14-15-25(35-5)23(17-21)18(2)3)29(33)30(34)31(27)24-13-8-7-10-19(24)4/h7-18,27,32H,6H2,1-5H3/b28-26+. The van der Waals surface area contributed by atoms with E-state index in [1.54, 1.807) is 19.2 Å². The van der Waals surface area contributed by atoms with Gasteiger partial charge in [-0.2, -0.15) is 0 Å². The number of carbonyl (C=O) groups is 2. The van der Waals surface area contributed by atoms with Gasteiger partial charge in [-0.25, -0.2) is 0 Å². The Morgan fingerprint density at radius 2 is 1.78 bits per heavy atom. The molecule has 0 radical (unpaired) electrons. The van der Waals surface area contributed by atoms with Gasteiger partial charge < -0.3 is 14.6 Å². The maximum Gasteiger partial charge on any atom is 0.300 e. The van der Waals surface area contributed by atoms with Crippen LogP contribution >= 0.6 is 0 Å². The molecule has 0 aliphatic carbocycles. The molecule has 4 rings (SSSR count). The van der Waals surface area contributed by atoms with E-state index in [1.807, 2.05) is 82.3 Å². The minimum atomic E-state index is -0.823. The molecule has 6 heteroatoms. The van der Waals surface area contributed by atoms with Crippen molar-refractivity contribution >= 4 is 23.1 Å². The van der Waals surface area contributed by atoms with Gasteiger partial charge in [-0.05, 0) is 72.9 Å². The molecular formula is C30H31NO5. The van der Waals surface area contributed by atoms with Crippen LogP contribution in [0.15, 0.2) is 72.3 Å². The van der Waals surface area contributed by atoms with Gasteiger partial charge in [0.1, 0.15) is 17.3 Å². The lowest BCUT2D eigenvalue weighted by Gasteiger charge is -2.27. The highest BCUT2D eigenvalue weighted by Gasteiger charge is 2.47. The van der Waals surface area contributed by atoms with Crippen LogP contribution in [0.2, 0.25) is 0 Å². The molecule has 1 saturated heterocycles. The fourth-order valence-electron chi connectivity index (χ4n) is 4.66. The fourth-order valence-corrected chi connectivity index (χ4v) is 4.66. The van der Waals surface area contributed by atoms with Crippen molar-refractivity contribution in [3.05, 3.63) is 94.6 Å². The van der Waals surface area contributed by atoms with E-state index in [2.05, 4.69) is 0 Å². The monoisotopic (exact) mass is 485 g/mol. The zero-order valence-electron chi connectivity index (χ0n) is 21.2. The van der Waals surface area contributed by atoms with Crippen molar-refractivity contribution in [2.24, 2.45) is 0 Å². The van der Waals surface area contributed by atoms with E-state index >= 15 is 0 Å². The van der Waals surface area contributed by atoms with Crippen molar-refractivity contribution in [3.8, 4) is 11.5 Å². The average Bonchev–Trinajstić information content (AvgIpc) is 3.14. The third-order valence-electron chi connectivity index (χ3n) is 6.43. The number of amides is 1. The number of aryl methyl sites for hydroxylation is 1. The zero-order valence-corrected chi connectivity index (χ0v) is 21.2. The van der Waals surface area contributed by atoms with Crippen molar-refractivity contribution in [1.29, 1.82) is 0 Å². The number of nitrogens with zero attached hydrogens (tertiary/aromatic N) is 1. The van der Waals surface area contributed by atoms with Gasteiger partial charge in [-0.3, -0.25) is 14.5 Å². The van der Waals surface area contributed by atoms with Gasteiger partial charge in [0.15, 0.2) is 0 Å². The molecule has 3 aromatic carbocycles. The van der Waals surface area contributed by atoms with Crippen LogP contribution in [0, 0.1) is 6.92 Å². The Balaban J connectivity index is 1.97. The second-order valence-electron chi connectivity index (χ2n) is 9.07. The van der Waals surface area contributed by atoms with Gasteiger partial charge in [0, 0.05) is 11.3 Å². The molecule has 6 nitrogen and oxygen atoms in total. The molecule has 1 atom stereocenters. The van der Waals surface area contributed by atoms with E-state index in [0.29, 0.717) is 34.9 Å². The Morgan fingerprint density at radius 1 is 1.03 bits per heavy atom. The molecule has 0 bridgehead atoms.